The fourth-order valence-corrected chi connectivity index (χ4v) is 1.13. The molecule has 60 valence electrons. The number of aryl methyl sites for hydroxylation is 1. The molecule has 0 unspecified atom stereocenters. The average Bonchev–Trinajstić information content (AvgIpc) is 2.50. The van der Waals surface area contributed by atoms with E-state index in [2.05, 4.69) is 17.6 Å². The number of unbranched alkanes of at least 4 members (excludes halogenated alkanes) is 2. The van der Waals surface area contributed by atoms with Gasteiger partial charge in [-0.25, -0.2) is 0 Å². The Labute approximate surface area is 68.1 Å². The number of aromatic nitrogens is 1. The normalized spacial score (nSPS) is 9.82. The van der Waals surface area contributed by atoms with E-state index in [1.54, 1.807) is 0 Å². The van der Waals surface area contributed by atoms with Gasteiger partial charge in [-0.1, -0.05) is 6.08 Å². The Morgan fingerprint density at radius 1 is 1.45 bits per heavy atom. The van der Waals surface area contributed by atoms with Crippen molar-refractivity contribution in [1.29, 1.82) is 0 Å². The number of hydrogen-bond acceptors (Lipinski definition) is 0. The fourth-order valence-electron chi connectivity index (χ4n) is 1.13. The van der Waals surface area contributed by atoms with Crippen LogP contribution in [0.2, 0.25) is 0 Å². The molecular formula is C10H15N. The number of aromatic amines is 1. The van der Waals surface area contributed by atoms with Crippen LogP contribution in [0.3, 0.4) is 0 Å². The highest BCUT2D eigenvalue weighted by atomic mass is 14.7. The lowest BCUT2D eigenvalue weighted by Gasteiger charge is -1.95. The molecule has 0 radical (unpaired) electrons. The van der Waals surface area contributed by atoms with Crippen LogP contribution in [-0.4, -0.2) is 4.98 Å². The molecule has 0 amide bonds. The van der Waals surface area contributed by atoms with Gasteiger partial charge in [0, 0.05) is 11.9 Å². The molecule has 1 nitrogen and oxygen atoms in total. The molecule has 0 saturated heterocycles. The molecule has 1 rings (SSSR count). The maximum atomic E-state index is 3.69. The van der Waals surface area contributed by atoms with Gasteiger partial charge in [0.25, 0.3) is 0 Å². The molecule has 0 spiro atoms. The second-order valence-electron chi connectivity index (χ2n) is 2.73. The van der Waals surface area contributed by atoms with Crippen molar-refractivity contribution in [1.82, 2.24) is 4.98 Å². The zero-order chi connectivity index (χ0) is 7.94. The summed E-state index contributed by atoms with van der Waals surface area (Å²) < 4.78 is 0. The molecule has 0 aliphatic heterocycles. The van der Waals surface area contributed by atoms with Crippen LogP contribution in [0.15, 0.2) is 31.0 Å². The van der Waals surface area contributed by atoms with Crippen molar-refractivity contribution in [2.75, 3.05) is 0 Å². The van der Waals surface area contributed by atoms with Gasteiger partial charge < -0.3 is 4.98 Å². The van der Waals surface area contributed by atoms with Crippen molar-refractivity contribution in [3.05, 3.63) is 36.7 Å². The summed E-state index contributed by atoms with van der Waals surface area (Å²) >= 11 is 0. The Morgan fingerprint density at radius 3 is 3.00 bits per heavy atom. The number of nitrogens with one attached hydrogen (secondary N) is 1. The monoisotopic (exact) mass is 149 g/mol. The van der Waals surface area contributed by atoms with Crippen molar-refractivity contribution in [3.8, 4) is 0 Å². The number of hydrogen-bond donors (Lipinski definition) is 1. The molecule has 1 N–H and O–H groups in total. The van der Waals surface area contributed by atoms with E-state index < -0.39 is 0 Å². The van der Waals surface area contributed by atoms with Crippen LogP contribution in [0.25, 0.3) is 0 Å². The molecule has 0 aliphatic carbocycles. The van der Waals surface area contributed by atoms with Gasteiger partial charge in [-0.3, -0.25) is 0 Å². The van der Waals surface area contributed by atoms with E-state index in [1.807, 2.05) is 18.3 Å². The minimum absolute atomic E-state index is 1.14. The Balaban J connectivity index is 2.09. The van der Waals surface area contributed by atoms with Crippen LogP contribution in [0.1, 0.15) is 25.0 Å². The molecule has 0 atom stereocenters. The fraction of sp³-hybridized carbons (Fsp3) is 0.400. The quantitative estimate of drug-likeness (QED) is 0.489. The SMILES string of the molecule is C=CCCCCc1ccc[nH]1. The molecule has 1 aromatic heterocycles. The lowest BCUT2D eigenvalue weighted by Crippen LogP contribution is -1.83. The van der Waals surface area contributed by atoms with Gasteiger partial charge in [-0.15, -0.1) is 6.58 Å². The summed E-state index contributed by atoms with van der Waals surface area (Å²) in [6.07, 6.45) is 8.77. The van der Waals surface area contributed by atoms with Crippen LogP contribution < -0.4 is 0 Å². The third kappa shape index (κ3) is 3.08. The van der Waals surface area contributed by atoms with E-state index in [-0.39, 0.29) is 0 Å². The molecule has 0 aromatic carbocycles. The molecule has 0 fully saturated rings. The first-order valence-electron chi connectivity index (χ1n) is 4.16. The molecule has 1 aromatic rings. The predicted molar refractivity (Wildman–Crippen MR) is 48.5 cm³/mol. The topological polar surface area (TPSA) is 15.8 Å². The summed E-state index contributed by atoms with van der Waals surface area (Å²) in [6, 6.07) is 4.18. The van der Waals surface area contributed by atoms with Crippen molar-refractivity contribution < 1.29 is 0 Å². The summed E-state index contributed by atoms with van der Waals surface area (Å²) in [4.78, 5) is 3.19. The summed E-state index contributed by atoms with van der Waals surface area (Å²) in [5, 5.41) is 0. The zero-order valence-electron chi connectivity index (χ0n) is 6.84. The van der Waals surface area contributed by atoms with Crippen LogP contribution >= 0.6 is 0 Å². The van der Waals surface area contributed by atoms with E-state index >= 15 is 0 Å². The van der Waals surface area contributed by atoms with Crippen molar-refractivity contribution >= 4 is 0 Å². The van der Waals surface area contributed by atoms with E-state index in [9.17, 15) is 0 Å². The van der Waals surface area contributed by atoms with E-state index in [4.69, 9.17) is 0 Å². The molecule has 0 saturated carbocycles. The molecule has 0 bridgehead atoms. The summed E-state index contributed by atoms with van der Waals surface area (Å²) in [5.41, 5.74) is 1.34. The summed E-state index contributed by atoms with van der Waals surface area (Å²) in [5.74, 6) is 0. The second-order valence-corrected chi connectivity index (χ2v) is 2.73. The first-order chi connectivity index (χ1) is 5.43. The summed E-state index contributed by atoms with van der Waals surface area (Å²) in [6.45, 7) is 3.69. The smallest absolute Gasteiger partial charge is 0.0147 e. The standard InChI is InChI=1S/C10H15N/c1-2-3-4-5-7-10-8-6-9-11-10/h2,6,8-9,11H,1,3-5,7H2. The highest BCUT2D eigenvalue weighted by Crippen LogP contribution is 2.03. The minimum atomic E-state index is 1.14. The van der Waals surface area contributed by atoms with Gasteiger partial charge >= 0.3 is 0 Å². The van der Waals surface area contributed by atoms with Crippen LogP contribution in [0.5, 0.6) is 0 Å². The van der Waals surface area contributed by atoms with Crippen molar-refractivity contribution in [3.63, 3.8) is 0 Å². The van der Waals surface area contributed by atoms with Gasteiger partial charge in [-0.05, 0) is 37.8 Å². The second kappa shape index (κ2) is 4.78. The van der Waals surface area contributed by atoms with Crippen LogP contribution in [0.4, 0.5) is 0 Å². The molecule has 0 aliphatic rings. The molecule has 11 heavy (non-hydrogen) atoms. The molecule has 1 heterocycles. The maximum Gasteiger partial charge on any atom is 0.0147 e. The van der Waals surface area contributed by atoms with Crippen molar-refractivity contribution in [2.45, 2.75) is 25.7 Å². The minimum Gasteiger partial charge on any atom is -0.365 e. The Hall–Kier alpha value is -0.980. The molecular weight excluding hydrogens is 134 g/mol. The van der Waals surface area contributed by atoms with Gasteiger partial charge in [0.15, 0.2) is 0 Å². The summed E-state index contributed by atoms with van der Waals surface area (Å²) in [7, 11) is 0. The number of rotatable bonds is 5. The van der Waals surface area contributed by atoms with Gasteiger partial charge in [-0.2, -0.15) is 0 Å². The Morgan fingerprint density at radius 2 is 2.36 bits per heavy atom. The van der Waals surface area contributed by atoms with Gasteiger partial charge in [0.2, 0.25) is 0 Å². The maximum absolute atomic E-state index is 3.69. The zero-order valence-corrected chi connectivity index (χ0v) is 6.84. The van der Waals surface area contributed by atoms with E-state index in [0.29, 0.717) is 0 Å². The third-order valence-corrected chi connectivity index (χ3v) is 1.77. The van der Waals surface area contributed by atoms with Gasteiger partial charge in [0.1, 0.15) is 0 Å². The Bertz CT molecular complexity index is 187. The van der Waals surface area contributed by atoms with Crippen molar-refractivity contribution in [2.24, 2.45) is 0 Å². The average molecular weight is 149 g/mol. The third-order valence-electron chi connectivity index (χ3n) is 1.77. The first kappa shape index (κ1) is 8.12. The highest BCUT2D eigenvalue weighted by Gasteiger charge is 1.90. The largest absolute Gasteiger partial charge is 0.365 e. The lowest BCUT2D eigenvalue weighted by atomic mass is 10.1. The first-order valence-corrected chi connectivity index (χ1v) is 4.16. The van der Waals surface area contributed by atoms with E-state index in [1.165, 1.54) is 25.0 Å². The Kier molecular flexibility index (Phi) is 3.53. The van der Waals surface area contributed by atoms with Crippen LogP contribution in [-0.2, 0) is 6.42 Å². The highest BCUT2D eigenvalue weighted by molar-refractivity contribution is 5.03. The van der Waals surface area contributed by atoms with E-state index in [0.717, 1.165) is 6.42 Å². The number of allylic oxidation sites excluding steroid dienone is 1. The molecule has 1 heteroatoms. The van der Waals surface area contributed by atoms with Gasteiger partial charge in [0.05, 0.1) is 0 Å². The predicted octanol–water partition coefficient (Wildman–Crippen LogP) is 2.91. The lowest BCUT2D eigenvalue weighted by molar-refractivity contribution is 0.738. The number of H-pyrrole nitrogens is 1. The van der Waals surface area contributed by atoms with Crippen LogP contribution in [0, 0.1) is 0 Å².